The molecule has 0 saturated heterocycles. The molecule has 0 aromatic heterocycles. The van der Waals surface area contributed by atoms with Crippen LogP contribution in [0.2, 0.25) is 0 Å². The van der Waals surface area contributed by atoms with Crippen LogP contribution in [0.3, 0.4) is 0 Å². The quantitative estimate of drug-likeness (QED) is 0.791. The summed E-state index contributed by atoms with van der Waals surface area (Å²) < 4.78 is 0. The molecule has 0 radical (unpaired) electrons. The molecule has 1 atom stereocenters. The molecule has 0 spiro atoms. The number of nitrogens with one attached hydrogen (secondary N) is 1. The number of aryl methyl sites for hydroxylation is 2. The maximum absolute atomic E-state index is 12.2. The number of benzene rings is 2. The maximum Gasteiger partial charge on any atom is 0.230 e. The predicted octanol–water partition coefficient (Wildman–Crippen LogP) is 4.80. The van der Waals surface area contributed by atoms with Gasteiger partial charge in [-0.05, 0) is 37.0 Å². The Morgan fingerprint density at radius 2 is 1.87 bits per heavy atom. The molecule has 3 heteroatoms. The van der Waals surface area contributed by atoms with E-state index in [1.54, 1.807) is 11.8 Å². The fourth-order valence-electron chi connectivity index (χ4n) is 2.69. The highest BCUT2D eigenvalue weighted by Gasteiger charge is 2.14. The molecule has 0 saturated carbocycles. The number of rotatable bonds is 7. The van der Waals surface area contributed by atoms with E-state index in [0.29, 0.717) is 5.75 Å². The van der Waals surface area contributed by atoms with Crippen LogP contribution >= 0.6 is 11.8 Å². The van der Waals surface area contributed by atoms with Crippen molar-refractivity contribution in [2.75, 3.05) is 5.75 Å². The summed E-state index contributed by atoms with van der Waals surface area (Å²) in [4.78, 5) is 12.2. The van der Waals surface area contributed by atoms with Gasteiger partial charge in [-0.2, -0.15) is 0 Å². The van der Waals surface area contributed by atoms with Gasteiger partial charge in [-0.25, -0.2) is 0 Å². The van der Waals surface area contributed by atoms with Crippen LogP contribution in [0.15, 0.2) is 48.5 Å². The zero-order valence-corrected chi connectivity index (χ0v) is 15.0. The van der Waals surface area contributed by atoms with Crippen molar-refractivity contribution in [2.45, 2.75) is 39.0 Å². The second kappa shape index (κ2) is 8.78. The van der Waals surface area contributed by atoms with Crippen molar-refractivity contribution in [1.29, 1.82) is 0 Å². The third-order valence-corrected chi connectivity index (χ3v) is 4.89. The zero-order chi connectivity index (χ0) is 16.7. The number of carbonyl (C=O) groups excluding carboxylic acids is 1. The molecule has 0 fully saturated rings. The normalized spacial score (nSPS) is 12.0. The summed E-state index contributed by atoms with van der Waals surface area (Å²) in [5, 5.41) is 3.17. The lowest BCUT2D eigenvalue weighted by Gasteiger charge is -2.20. The summed E-state index contributed by atoms with van der Waals surface area (Å²) in [6, 6.07) is 16.8. The van der Waals surface area contributed by atoms with Gasteiger partial charge in [-0.15, -0.1) is 11.8 Å². The lowest BCUT2D eigenvalue weighted by molar-refractivity contribution is -0.119. The largest absolute Gasteiger partial charge is 0.349 e. The van der Waals surface area contributed by atoms with Crippen LogP contribution in [0.5, 0.6) is 0 Å². The third kappa shape index (κ3) is 5.43. The average molecular weight is 327 g/mol. The topological polar surface area (TPSA) is 29.1 Å². The molecule has 0 bridgehead atoms. The van der Waals surface area contributed by atoms with E-state index in [4.69, 9.17) is 0 Å². The number of carbonyl (C=O) groups is 1. The highest BCUT2D eigenvalue weighted by Crippen LogP contribution is 2.22. The number of thioether (sulfide) groups is 1. The standard InChI is InChI=1S/C20H25NOS/c1-4-19(18-11-10-15(2)12-16(18)3)21-20(22)14-23-13-17-8-6-5-7-9-17/h5-12,19H,4,13-14H2,1-3H3,(H,21,22)/t19-/m1/s1. The Bertz CT molecular complexity index is 639. The molecule has 122 valence electrons. The predicted molar refractivity (Wildman–Crippen MR) is 99.7 cm³/mol. The van der Waals surface area contributed by atoms with Gasteiger partial charge in [0.2, 0.25) is 5.91 Å². The summed E-state index contributed by atoms with van der Waals surface area (Å²) in [6.45, 7) is 6.32. The first-order valence-corrected chi connectivity index (χ1v) is 9.23. The van der Waals surface area contributed by atoms with Crippen LogP contribution in [-0.2, 0) is 10.5 Å². The van der Waals surface area contributed by atoms with Crippen molar-refractivity contribution >= 4 is 17.7 Å². The van der Waals surface area contributed by atoms with Crippen molar-refractivity contribution in [3.05, 3.63) is 70.8 Å². The van der Waals surface area contributed by atoms with Gasteiger partial charge in [0, 0.05) is 5.75 Å². The van der Waals surface area contributed by atoms with Gasteiger partial charge in [0.1, 0.15) is 0 Å². The van der Waals surface area contributed by atoms with Gasteiger partial charge >= 0.3 is 0 Å². The first kappa shape index (κ1) is 17.6. The summed E-state index contributed by atoms with van der Waals surface area (Å²) in [5.41, 5.74) is 4.98. The molecule has 2 aromatic rings. The van der Waals surface area contributed by atoms with Gasteiger partial charge in [0.05, 0.1) is 11.8 Å². The minimum absolute atomic E-state index is 0.0976. The van der Waals surface area contributed by atoms with Crippen LogP contribution in [0, 0.1) is 13.8 Å². The molecular weight excluding hydrogens is 302 g/mol. The van der Waals surface area contributed by atoms with Crippen LogP contribution in [0.4, 0.5) is 0 Å². The molecule has 23 heavy (non-hydrogen) atoms. The second-order valence-electron chi connectivity index (χ2n) is 5.87. The van der Waals surface area contributed by atoms with E-state index in [0.717, 1.165) is 12.2 Å². The van der Waals surface area contributed by atoms with Gasteiger partial charge in [-0.3, -0.25) is 4.79 Å². The molecule has 0 unspecified atom stereocenters. The Kier molecular flexibility index (Phi) is 6.72. The molecular formula is C20H25NOS. The molecule has 1 N–H and O–H groups in total. The Morgan fingerprint density at radius 1 is 1.13 bits per heavy atom. The minimum Gasteiger partial charge on any atom is -0.349 e. The first-order valence-electron chi connectivity index (χ1n) is 8.08. The Hall–Kier alpha value is -1.74. The summed E-state index contributed by atoms with van der Waals surface area (Å²) in [5.74, 6) is 1.48. The van der Waals surface area contributed by atoms with E-state index in [1.165, 1.54) is 22.3 Å². The smallest absolute Gasteiger partial charge is 0.230 e. The summed E-state index contributed by atoms with van der Waals surface area (Å²) in [6.07, 6.45) is 0.902. The summed E-state index contributed by atoms with van der Waals surface area (Å²) >= 11 is 1.66. The van der Waals surface area contributed by atoms with E-state index >= 15 is 0 Å². The molecule has 0 aliphatic rings. The van der Waals surface area contributed by atoms with E-state index in [9.17, 15) is 4.79 Å². The molecule has 0 heterocycles. The lowest BCUT2D eigenvalue weighted by atomic mass is 9.97. The maximum atomic E-state index is 12.2. The first-order chi connectivity index (χ1) is 11.1. The molecule has 0 aliphatic heterocycles. The van der Waals surface area contributed by atoms with Gasteiger partial charge < -0.3 is 5.32 Å². The Morgan fingerprint density at radius 3 is 2.52 bits per heavy atom. The number of hydrogen-bond acceptors (Lipinski definition) is 2. The van der Waals surface area contributed by atoms with E-state index in [-0.39, 0.29) is 11.9 Å². The van der Waals surface area contributed by atoms with Crippen molar-refractivity contribution in [1.82, 2.24) is 5.32 Å². The zero-order valence-electron chi connectivity index (χ0n) is 14.1. The molecule has 2 rings (SSSR count). The van der Waals surface area contributed by atoms with E-state index in [2.05, 4.69) is 56.4 Å². The monoisotopic (exact) mass is 327 g/mol. The van der Waals surface area contributed by atoms with Gasteiger partial charge in [0.25, 0.3) is 0 Å². The molecule has 0 aliphatic carbocycles. The van der Waals surface area contributed by atoms with Gasteiger partial charge in [0.15, 0.2) is 0 Å². The molecule has 2 nitrogen and oxygen atoms in total. The van der Waals surface area contributed by atoms with Crippen LogP contribution < -0.4 is 5.32 Å². The average Bonchev–Trinajstić information content (AvgIpc) is 2.54. The summed E-state index contributed by atoms with van der Waals surface area (Å²) in [7, 11) is 0. The molecule has 1 amide bonds. The van der Waals surface area contributed by atoms with Gasteiger partial charge in [-0.1, -0.05) is 61.0 Å². The number of hydrogen-bond donors (Lipinski definition) is 1. The number of amides is 1. The highest BCUT2D eigenvalue weighted by atomic mass is 32.2. The Labute approximate surface area is 143 Å². The lowest BCUT2D eigenvalue weighted by Crippen LogP contribution is -2.30. The van der Waals surface area contributed by atoms with E-state index in [1.807, 2.05) is 18.2 Å². The van der Waals surface area contributed by atoms with Crippen molar-refractivity contribution in [3.63, 3.8) is 0 Å². The Balaban J connectivity index is 1.87. The van der Waals surface area contributed by atoms with E-state index < -0.39 is 0 Å². The SMILES string of the molecule is CC[C@@H](NC(=O)CSCc1ccccc1)c1ccc(C)cc1C. The van der Waals surface area contributed by atoms with Crippen molar-refractivity contribution in [2.24, 2.45) is 0 Å². The fourth-order valence-corrected chi connectivity index (χ4v) is 3.49. The second-order valence-corrected chi connectivity index (χ2v) is 6.85. The van der Waals surface area contributed by atoms with Crippen LogP contribution in [0.1, 0.15) is 41.6 Å². The fraction of sp³-hybridized carbons (Fsp3) is 0.350. The van der Waals surface area contributed by atoms with Crippen LogP contribution in [0.25, 0.3) is 0 Å². The minimum atomic E-state index is 0.0976. The van der Waals surface area contributed by atoms with Crippen molar-refractivity contribution in [3.8, 4) is 0 Å². The molecule has 2 aromatic carbocycles. The van der Waals surface area contributed by atoms with Crippen LogP contribution in [-0.4, -0.2) is 11.7 Å². The third-order valence-electron chi connectivity index (χ3n) is 3.89. The van der Waals surface area contributed by atoms with Crippen molar-refractivity contribution < 1.29 is 4.79 Å². The highest BCUT2D eigenvalue weighted by molar-refractivity contribution is 7.99.